The number of hydrogen-bond acceptors (Lipinski definition) is 3. The third-order valence-electron chi connectivity index (χ3n) is 3.19. The highest BCUT2D eigenvalue weighted by Crippen LogP contribution is 2.29. The highest BCUT2D eigenvalue weighted by molar-refractivity contribution is 9.10. The van der Waals surface area contributed by atoms with E-state index in [0.29, 0.717) is 25.1 Å². The van der Waals surface area contributed by atoms with Crippen LogP contribution >= 0.6 is 15.9 Å². The minimum Gasteiger partial charge on any atom is -0.464 e. The van der Waals surface area contributed by atoms with Crippen molar-refractivity contribution in [2.45, 2.75) is 19.0 Å². The summed E-state index contributed by atoms with van der Waals surface area (Å²) in [5.74, 6) is -0.365. The molecule has 2 heterocycles. The maximum atomic E-state index is 12.2. The van der Waals surface area contributed by atoms with Crippen LogP contribution in [0.3, 0.4) is 0 Å². The average Bonchev–Trinajstić information content (AvgIpc) is 2.84. The molecule has 1 amide bonds. The van der Waals surface area contributed by atoms with Crippen LogP contribution in [0.15, 0.2) is 22.7 Å². The first-order valence-electron chi connectivity index (χ1n) is 5.43. The van der Waals surface area contributed by atoms with Gasteiger partial charge in [0, 0.05) is 23.0 Å². The van der Waals surface area contributed by atoms with E-state index in [4.69, 9.17) is 4.74 Å². The van der Waals surface area contributed by atoms with E-state index in [-0.39, 0.29) is 11.9 Å². The summed E-state index contributed by atoms with van der Waals surface area (Å²) < 4.78 is 5.78. The van der Waals surface area contributed by atoms with Crippen LogP contribution in [0.2, 0.25) is 0 Å². The molecule has 1 saturated heterocycles. The molecule has 0 N–H and O–H groups in total. The summed E-state index contributed by atoms with van der Waals surface area (Å²) in [5, 5.41) is 0. The first-order valence-corrected chi connectivity index (χ1v) is 6.22. The van der Waals surface area contributed by atoms with Gasteiger partial charge in [-0.05, 0) is 17.7 Å². The molecule has 3 rings (SSSR count). The molecule has 1 fully saturated rings. The van der Waals surface area contributed by atoms with E-state index in [1.54, 1.807) is 11.0 Å². The molecule has 17 heavy (non-hydrogen) atoms. The van der Waals surface area contributed by atoms with Crippen molar-refractivity contribution in [2.75, 3.05) is 6.61 Å². The first-order chi connectivity index (χ1) is 8.16. The number of halogens is 1. The molecule has 88 valence electrons. The van der Waals surface area contributed by atoms with E-state index in [1.165, 1.54) is 0 Å². The smallest absolute Gasteiger partial charge is 0.329 e. The van der Waals surface area contributed by atoms with Gasteiger partial charge in [-0.1, -0.05) is 22.0 Å². The van der Waals surface area contributed by atoms with Crippen molar-refractivity contribution in [3.8, 4) is 0 Å². The van der Waals surface area contributed by atoms with E-state index >= 15 is 0 Å². The molecule has 0 bridgehead atoms. The summed E-state index contributed by atoms with van der Waals surface area (Å²) in [4.78, 5) is 25.3. The summed E-state index contributed by atoms with van der Waals surface area (Å²) >= 11 is 3.35. The molecule has 1 aromatic rings. The Morgan fingerprint density at radius 3 is 2.88 bits per heavy atom. The molecule has 0 saturated carbocycles. The van der Waals surface area contributed by atoms with Gasteiger partial charge in [0.2, 0.25) is 0 Å². The van der Waals surface area contributed by atoms with Crippen LogP contribution in [0.5, 0.6) is 0 Å². The summed E-state index contributed by atoms with van der Waals surface area (Å²) in [6.07, 6.45) is 0.597. The average molecular weight is 296 g/mol. The fraction of sp³-hybridized carbons (Fsp3) is 0.333. The predicted octanol–water partition coefficient (Wildman–Crippen LogP) is 1.72. The Bertz CT molecular complexity index is 514. The Labute approximate surface area is 107 Å². The molecule has 0 aliphatic carbocycles. The molecule has 1 unspecified atom stereocenters. The minimum atomic E-state index is -0.409. The Morgan fingerprint density at radius 1 is 1.35 bits per heavy atom. The van der Waals surface area contributed by atoms with Crippen molar-refractivity contribution in [1.82, 2.24) is 4.90 Å². The number of carbonyl (C=O) groups is 2. The highest BCUT2D eigenvalue weighted by atomic mass is 79.9. The van der Waals surface area contributed by atoms with Crippen molar-refractivity contribution in [3.05, 3.63) is 33.8 Å². The number of benzene rings is 1. The lowest BCUT2D eigenvalue weighted by Gasteiger charge is -2.19. The third-order valence-corrected chi connectivity index (χ3v) is 3.68. The largest absolute Gasteiger partial charge is 0.464 e. The molecule has 0 spiro atoms. The molecule has 4 nitrogen and oxygen atoms in total. The van der Waals surface area contributed by atoms with E-state index in [1.807, 2.05) is 12.1 Å². The zero-order valence-electron chi connectivity index (χ0n) is 8.98. The maximum absolute atomic E-state index is 12.2. The molecule has 1 atom stereocenters. The molecular formula is C12H10BrNO3. The summed E-state index contributed by atoms with van der Waals surface area (Å²) in [5.41, 5.74) is 1.65. The zero-order valence-corrected chi connectivity index (χ0v) is 10.6. The second-order valence-corrected chi connectivity index (χ2v) is 5.12. The van der Waals surface area contributed by atoms with Gasteiger partial charge in [0.25, 0.3) is 5.91 Å². The lowest BCUT2D eigenvalue weighted by Crippen LogP contribution is -2.38. The minimum absolute atomic E-state index is 0.0786. The van der Waals surface area contributed by atoms with Crippen molar-refractivity contribution in [3.63, 3.8) is 0 Å². The van der Waals surface area contributed by atoms with Gasteiger partial charge < -0.3 is 9.64 Å². The Hall–Kier alpha value is -1.36. The highest BCUT2D eigenvalue weighted by Gasteiger charge is 2.39. The van der Waals surface area contributed by atoms with Crippen LogP contribution in [0.4, 0.5) is 0 Å². The fourth-order valence-corrected chi connectivity index (χ4v) is 2.68. The van der Waals surface area contributed by atoms with E-state index in [9.17, 15) is 9.59 Å². The number of carbonyl (C=O) groups excluding carboxylic acids is 2. The quantitative estimate of drug-likeness (QED) is 0.741. The van der Waals surface area contributed by atoms with Crippen LogP contribution in [0, 0.1) is 0 Å². The molecule has 2 aliphatic rings. The van der Waals surface area contributed by atoms with Crippen LogP contribution in [-0.2, 0) is 16.1 Å². The lowest BCUT2D eigenvalue weighted by atomic mass is 10.1. The van der Waals surface area contributed by atoms with Crippen molar-refractivity contribution >= 4 is 27.8 Å². The van der Waals surface area contributed by atoms with Gasteiger partial charge >= 0.3 is 5.97 Å². The van der Waals surface area contributed by atoms with Crippen LogP contribution in [0.25, 0.3) is 0 Å². The van der Waals surface area contributed by atoms with Gasteiger partial charge in [-0.25, -0.2) is 4.79 Å². The summed E-state index contributed by atoms with van der Waals surface area (Å²) in [6, 6.07) is 5.21. The second-order valence-electron chi connectivity index (χ2n) is 4.21. The van der Waals surface area contributed by atoms with E-state index in [0.717, 1.165) is 10.0 Å². The number of amides is 1. The monoisotopic (exact) mass is 295 g/mol. The molecule has 0 aromatic heterocycles. The second kappa shape index (κ2) is 3.84. The molecule has 1 aromatic carbocycles. The van der Waals surface area contributed by atoms with Crippen LogP contribution < -0.4 is 0 Å². The maximum Gasteiger partial charge on any atom is 0.329 e. The number of cyclic esters (lactones) is 1. The summed E-state index contributed by atoms with van der Waals surface area (Å²) in [6.45, 7) is 0.911. The van der Waals surface area contributed by atoms with Gasteiger partial charge in [0.1, 0.15) is 6.04 Å². The van der Waals surface area contributed by atoms with Gasteiger partial charge in [-0.15, -0.1) is 0 Å². The van der Waals surface area contributed by atoms with E-state index < -0.39 is 6.04 Å². The first kappa shape index (κ1) is 10.8. The van der Waals surface area contributed by atoms with Crippen LogP contribution in [-0.4, -0.2) is 29.4 Å². The van der Waals surface area contributed by atoms with Crippen molar-refractivity contribution in [2.24, 2.45) is 0 Å². The zero-order chi connectivity index (χ0) is 12.0. The van der Waals surface area contributed by atoms with E-state index in [2.05, 4.69) is 15.9 Å². The molecule has 5 heteroatoms. The van der Waals surface area contributed by atoms with Gasteiger partial charge in [0.05, 0.1) is 6.61 Å². The summed E-state index contributed by atoms with van der Waals surface area (Å²) in [7, 11) is 0. The number of nitrogens with zero attached hydrogens (tertiary/aromatic N) is 1. The molecule has 0 radical (unpaired) electrons. The number of hydrogen-bond donors (Lipinski definition) is 0. The van der Waals surface area contributed by atoms with Crippen LogP contribution in [0.1, 0.15) is 22.3 Å². The molecule has 2 aliphatic heterocycles. The standard InChI is InChI=1S/C12H10BrNO3/c13-8-2-1-7-6-14(11(15)9(7)5-8)10-3-4-17-12(10)16/h1-2,5,10H,3-4,6H2. The fourth-order valence-electron chi connectivity index (χ4n) is 2.32. The molecular weight excluding hydrogens is 286 g/mol. The SMILES string of the molecule is O=C1OCCC1N1Cc2ccc(Br)cc2C1=O. The number of ether oxygens (including phenoxy) is 1. The normalized spacial score (nSPS) is 22.9. The Morgan fingerprint density at radius 2 is 2.18 bits per heavy atom. The Balaban J connectivity index is 1.93. The van der Waals surface area contributed by atoms with Crippen molar-refractivity contribution in [1.29, 1.82) is 0 Å². The number of esters is 1. The topological polar surface area (TPSA) is 46.6 Å². The Kier molecular flexibility index (Phi) is 2.43. The van der Waals surface area contributed by atoms with Gasteiger partial charge in [-0.2, -0.15) is 0 Å². The number of fused-ring (bicyclic) bond motifs is 1. The van der Waals surface area contributed by atoms with Crippen molar-refractivity contribution < 1.29 is 14.3 Å². The predicted molar refractivity (Wildman–Crippen MR) is 63.4 cm³/mol. The van der Waals surface area contributed by atoms with Gasteiger partial charge in [0.15, 0.2) is 0 Å². The van der Waals surface area contributed by atoms with Gasteiger partial charge in [-0.3, -0.25) is 4.79 Å². The lowest BCUT2D eigenvalue weighted by molar-refractivity contribution is -0.141. The third kappa shape index (κ3) is 1.65. The number of rotatable bonds is 1.